The van der Waals surface area contributed by atoms with Crippen molar-refractivity contribution in [2.75, 3.05) is 26.7 Å². The summed E-state index contributed by atoms with van der Waals surface area (Å²) in [4.78, 5) is 19.0. The van der Waals surface area contributed by atoms with Crippen molar-refractivity contribution in [3.8, 4) is 5.75 Å². The third-order valence-corrected chi connectivity index (χ3v) is 7.27. The second-order valence-corrected chi connectivity index (χ2v) is 9.58. The Balaban J connectivity index is 1.65. The standard InChI is InChI=1S/C28H42N4O2/c1-4-6-7-8-9-17-32-18-15-22(21(5-2)20-32)10-12-27(31-28(29)33)24-14-16-30-26-13-11-23(34-3)19-25(24)26/h5,11,13-14,16,19,21-22,27H,2,4,6-10,12,15,17-18,20H2,1,3H3,(H3,29,31,33)/t21-,22+,27+/m0/s1. The van der Waals surface area contributed by atoms with Crippen LogP contribution in [0.15, 0.2) is 43.1 Å². The van der Waals surface area contributed by atoms with Crippen LogP contribution in [0.2, 0.25) is 0 Å². The Morgan fingerprint density at radius 2 is 2.15 bits per heavy atom. The number of ether oxygens (including phenoxy) is 1. The summed E-state index contributed by atoms with van der Waals surface area (Å²) >= 11 is 0. The van der Waals surface area contributed by atoms with Crippen LogP contribution in [0.5, 0.6) is 5.75 Å². The molecule has 1 aliphatic heterocycles. The van der Waals surface area contributed by atoms with E-state index in [2.05, 4.69) is 34.8 Å². The molecule has 3 rings (SSSR count). The fourth-order valence-corrected chi connectivity index (χ4v) is 5.30. The average Bonchev–Trinajstić information content (AvgIpc) is 2.85. The number of carbonyl (C=O) groups excluding carboxylic acids is 1. The molecule has 2 aromatic rings. The highest BCUT2D eigenvalue weighted by molar-refractivity contribution is 5.84. The van der Waals surface area contributed by atoms with Gasteiger partial charge in [0.25, 0.3) is 0 Å². The number of methoxy groups -OCH3 is 1. The largest absolute Gasteiger partial charge is 0.497 e. The molecule has 3 N–H and O–H groups in total. The van der Waals surface area contributed by atoms with E-state index in [1.54, 1.807) is 13.3 Å². The number of amides is 2. The van der Waals surface area contributed by atoms with E-state index in [1.807, 2.05) is 24.3 Å². The molecule has 2 heterocycles. The fraction of sp³-hybridized carbons (Fsp3) is 0.571. The molecule has 6 heteroatoms. The van der Waals surface area contributed by atoms with Crippen molar-refractivity contribution in [2.24, 2.45) is 17.6 Å². The minimum atomic E-state index is -0.504. The van der Waals surface area contributed by atoms with Crippen LogP contribution >= 0.6 is 0 Å². The quantitative estimate of drug-likeness (QED) is 0.288. The minimum absolute atomic E-state index is 0.169. The number of aromatic nitrogens is 1. The Bertz CT molecular complexity index is 932. The van der Waals surface area contributed by atoms with E-state index in [4.69, 9.17) is 10.5 Å². The third kappa shape index (κ3) is 7.20. The van der Waals surface area contributed by atoms with Gasteiger partial charge in [-0.3, -0.25) is 4.98 Å². The Hall–Kier alpha value is -2.60. The van der Waals surface area contributed by atoms with E-state index in [0.717, 1.165) is 48.1 Å². The number of hydrogen-bond donors (Lipinski definition) is 2. The molecule has 0 bridgehead atoms. The smallest absolute Gasteiger partial charge is 0.312 e. The van der Waals surface area contributed by atoms with Crippen molar-refractivity contribution >= 4 is 16.9 Å². The Morgan fingerprint density at radius 3 is 2.88 bits per heavy atom. The molecule has 1 aliphatic rings. The minimum Gasteiger partial charge on any atom is -0.497 e. The zero-order chi connectivity index (χ0) is 24.3. The number of rotatable bonds is 13. The first-order chi connectivity index (χ1) is 16.5. The lowest BCUT2D eigenvalue weighted by atomic mass is 9.80. The van der Waals surface area contributed by atoms with Gasteiger partial charge in [0.05, 0.1) is 18.7 Å². The predicted molar refractivity (Wildman–Crippen MR) is 140 cm³/mol. The number of hydrogen-bond acceptors (Lipinski definition) is 4. The molecule has 0 spiro atoms. The van der Waals surface area contributed by atoms with Crippen molar-refractivity contribution in [3.63, 3.8) is 0 Å². The predicted octanol–water partition coefficient (Wildman–Crippen LogP) is 5.83. The Labute approximate surface area is 204 Å². The van der Waals surface area contributed by atoms with Gasteiger partial charge in [0.15, 0.2) is 0 Å². The number of unbranched alkanes of at least 4 members (excludes halogenated alkanes) is 4. The molecule has 6 nitrogen and oxygen atoms in total. The van der Waals surface area contributed by atoms with E-state index in [-0.39, 0.29) is 6.04 Å². The van der Waals surface area contributed by atoms with E-state index in [1.165, 1.54) is 45.1 Å². The van der Waals surface area contributed by atoms with E-state index < -0.39 is 6.03 Å². The molecule has 0 aliphatic carbocycles. The molecule has 1 aromatic carbocycles. The van der Waals surface area contributed by atoms with Crippen molar-refractivity contribution < 1.29 is 9.53 Å². The summed E-state index contributed by atoms with van der Waals surface area (Å²) < 4.78 is 5.42. The molecule has 0 unspecified atom stereocenters. The van der Waals surface area contributed by atoms with Crippen LogP contribution in [-0.2, 0) is 0 Å². The number of nitrogens with two attached hydrogens (primary N) is 1. The summed E-state index contributed by atoms with van der Waals surface area (Å²) in [7, 11) is 1.66. The summed E-state index contributed by atoms with van der Waals surface area (Å²) in [5, 5.41) is 3.97. The topological polar surface area (TPSA) is 80.5 Å². The average molecular weight is 467 g/mol. The van der Waals surface area contributed by atoms with E-state index in [9.17, 15) is 4.79 Å². The SMILES string of the molecule is C=C[C@H]1CN(CCCCCCC)CC[C@H]1CC[C@@H](NC(N)=O)c1ccnc2ccc(OC)cc12. The number of carbonyl (C=O) groups is 1. The monoisotopic (exact) mass is 466 g/mol. The maximum absolute atomic E-state index is 11.9. The summed E-state index contributed by atoms with van der Waals surface area (Å²) in [5.74, 6) is 1.81. The maximum Gasteiger partial charge on any atom is 0.312 e. The number of nitrogens with one attached hydrogen (secondary N) is 1. The number of fused-ring (bicyclic) bond motifs is 1. The third-order valence-electron chi connectivity index (χ3n) is 7.27. The maximum atomic E-state index is 11.9. The molecule has 1 aromatic heterocycles. The van der Waals surface area contributed by atoms with Gasteiger partial charge in [0.2, 0.25) is 0 Å². The van der Waals surface area contributed by atoms with E-state index in [0.29, 0.717) is 11.8 Å². The van der Waals surface area contributed by atoms with Gasteiger partial charge in [-0.05, 0) is 80.4 Å². The van der Waals surface area contributed by atoms with Crippen LogP contribution < -0.4 is 15.8 Å². The molecule has 0 saturated carbocycles. The Morgan fingerprint density at radius 1 is 1.32 bits per heavy atom. The number of urea groups is 1. The summed E-state index contributed by atoms with van der Waals surface area (Å²) in [6, 6.07) is 7.15. The van der Waals surface area contributed by atoms with Gasteiger partial charge in [0.1, 0.15) is 5.75 Å². The van der Waals surface area contributed by atoms with Gasteiger partial charge in [-0.25, -0.2) is 4.79 Å². The zero-order valence-electron chi connectivity index (χ0n) is 21.0. The number of benzene rings is 1. The second kappa shape index (κ2) is 13.3. The highest BCUT2D eigenvalue weighted by Gasteiger charge is 2.28. The van der Waals surface area contributed by atoms with Crippen LogP contribution in [0.1, 0.15) is 69.9 Å². The van der Waals surface area contributed by atoms with Crippen LogP contribution in [0, 0.1) is 11.8 Å². The molecule has 186 valence electrons. The first-order valence-corrected chi connectivity index (χ1v) is 12.9. The lowest BCUT2D eigenvalue weighted by Crippen LogP contribution is -2.40. The molecule has 0 radical (unpaired) electrons. The molecule has 3 atom stereocenters. The van der Waals surface area contributed by atoms with Gasteiger partial charge in [-0.1, -0.05) is 38.7 Å². The number of pyridine rings is 1. The summed E-state index contributed by atoms with van der Waals surface area (Å²) in [5.41, 5.74) is 7.49. The molecular weight excluding hydrogens is 424 g/mol. The molecule has 2 amide bonds. The van der Waals surface area contributed by atoms with Crippen molar-refractivity contribution in [2.45, 2.75) is 64.3 Å². The highest BCUT2D eigenvalue weighted by atomic mass is 16.5. The highest BCUT2D eigenvalue weighted by Crippen LogP contribution is 2.34. The lowest BCUT2D eigenvalue weighted by molar-refractivity contribution is 0.133. The number of likely N-dealkylation sites (tertiary alicyclic amines) is 1. The van der Waals surface area contributed by atoms with E-state index >= 15 is 0 Å². The normalized spacial score (nSPS) is 19.6. The van der Waals surface area contributed by atoms with Crippen LogP contribution in [0.25, 0.3) is 10.9 Å². The number of nitrogens with zero attached hydrogens (tertiary/aromatic N) is 2. The molecule has 1 fully saturated rings. The van der Waals surface area contributed by atoms with Gasteiger partial charge in [0, 0.05) is 18.1 Å². The number of piperidine rings is 1. The van der Waals surface area contributed by atoms with Gasteiger partial charge >= 0.3 is 6.03 Å². The van der Waals surface area contributed by atoms with Gasteiger partial charge < -0.3 is 20.7 Å². The van der Waals surface area contributed by atoms with Crippen LogP contribution in [-0.4, -0.2) is 42.7 Å². The van der Waals surface area contributed by atoms with Crippen molar-refractivity contribution in [1.29, 1.82) is 0 Å². The molecule has 34 heavy (non-hydrogen) atoms. The first-order valence-electron chi connectivity index (χ1n) is 12.9. The molecule has 1 saturated heterocycles. The fourth-order valence-electron chi connectivity index (χ4n) is 5.30. The van der Waals surface area contributed by atoms with Crippen LogP contribution in [0.4, 0.5) is 4.79 Å². The number of primary amides is 1. The molecular formula is C28H42N4O2. The lowest BCUT2D eigenvalue weighted by Gasteiger charge is -2.38. The first kappa shape index (κ1) is 26.0. The van der Waals surface area contributed by atoms with Gasteiger partial charge in [-0.2, -0.15) is 0 Å². The van der Waals surface area contributed by atoms with Crippen molar-refractivity contribution in [3.05, 3.63) is 48.7 Å². The zero-order valence-corrected chi connectivity index (χ0v) is 21.0. The summed E-state index contributed by atoms with van der Waals surface area (Å²) in [6.07, 6.45) is 13.5. The van der Waals surface area contributed by atoms with Crippen molar-refractivity contribution in [1.82, 2.24) is 15.2 Å². The second-order valence-electron chi connectivity index (χ2n) is 9.58. The Kier molecular flexibility index (Phi) is 10.2. The summed E-state index contributed by atoms with van der Waals surface area (Å²) in [6.45, 7) is 9.83. The van der Waals surface area contributed by atoms with Crippen LogP contribution in [0.3, 0.4) is 0 Å². The van der Waals surface area contributed by atoms with Gasteiger partial charge in [-0.15, -0.1) is 6.58 Å².